The van der Waals surface area contributed by atoms with Crippen LogP contribution in [0.4, 0.5) is 0 Å². The summed E-state index contributed by atoms with van der Waals surface area (Å²) < 4.78 is 5.31. The molecule has 2 heterocycles. The third-order valence-electron chi connectivity index (χ3n) is 2.96. The van der Waals surface area contributed by atoms with E-state index in [1.54, 1.807) is 35.2 Å². The van der Waals surface area contributed by atoms with Crippen molar-refractivity contribution in [2.24, 2.45) is 0 Å². The second-order valence-electron chi connectivity index (χ2n) is 4.44. The van der Waals surface area contributed by atoms with Crippen molar-refractivity contribution in [2.75, 3.05) is 0 Å². The number of hydrogen-bond acceptors (Lipinski definition) is 6. The Kier molecular flexibility index (Phi) is 4.08. The Hall–Kier alpha value is -2.38. The topological polar surface area (TPSA) is 73.6 Å². The highest BCUT2D eigenvalue weighted by molar-refractivity contribution is 7.03. The number of aromatic nitrogens is 5. The van der Waals surface area contributed by atoms with Crippen molar-refractivity contribution in [1.82, 2.24) is 24.6 Å². The summed E-state index contributed by atoms with van der Waals surface area (Å²) in [6.07, 6.45) is 3.01. The van der Waals surface area contributed by atoms with E-state index in [1.807, 2.05) is 12.1 Å². The molecule has 0 bridgehead atoms. The predicted octanol–water partition coefficient (Wildman–Crippen LogP) is 2.98. The van der Waals surface area contributed by atoms with Crippen LogP contribution in [0.15, 0.2) is 35.7 Å². The van der Waals surface area contributed by atoms with Crippen LogP contribution in [-0.2, 0) is 0 Å². The molecule has 0 amide bonds. The highest BCUT2D eigenvalue weighted by Gasteiger charge is 2.15. The Morgan fingerprint density at radius 1 is 1.36 bits per heavy atom. The lowest BCUT2D eigenvalue weighted by molar-refractivity contribution is 0.104. The summed E-state index contributed by atoms with van der Waals surface area (Å²) in [5.74, 6) is -0.237. The molecule has 110 valence electrons. The van der Waals surface area contributed by atoms with E-state index in [1.165, 1.54) is 17.6 Å². The fourth-order valence-corrected chi connectivity index (χ4v) is 2.50. The van der Waals surface area contributed by atoms with E-state index in [0.717, 1.165) is 5.69 Å². The van der Waals surface area contributed by atoms with Crippen molar-refractivity contribution < 1.29 is 4.79 Å². The Labute approximate surface area is 135 Å². The van der Waals surface area contributed by atoms with Crippen LogP contribution >= 0.6 is 23.1 Å². The zero-order chi connectivity index (χ0) is 15.5. The second-order valence-corrected chi connectivity index (χ2v) is 5.49. The minimum absolute atomic E-state index is 0.237. The zero-order valence-electron chi connectivity index (χ0n) is 11.5. The van der Waals surface area contributed by atoms with Gasteiger partial charge in [0.1, 0.15) is 0 Å². The highest BCUT2D eigenvalue weighted by atomic mass is 35.5. The number of carbonyl (C=O) groups excluding carboxylic acids is 1. The number of ketones is 1. The molecule has 0 N–H and O–H groups in total. The van der Waals surface area contributed by atoms with Gasteiger partial charge in [-0.15, -0.1) is 10.2 Å². The largest absolute Gasteiger partial charge is 0.287 e. The molecular weight excluding hydrogens is 322 g/mol. The Morgan fingerprint density at radius 3 is 2.95 bits per heavy atom. The summed E-state index contributed by atoms with van der Waals surface area (Å²) in [4.78, 5) is 12.2. The molecule has 0 unspecified atom stereocenters. The molecule has 0 atom stereocenters. The minimum atomic E-state index is -0.237. The SMILES string of the molecule is Cc1c(C(=O)C=Cc2csnn2)nnn1-c1cccc(Cl)c1. The van der Waals surface area contributed by atoms with Gasteiger partial charge in [-0.1, -0.05) is 27.4 Å². The lowest BCUT2D eigenvalue weighted by Gasteiger charge is -2.03. The monoisotopic (exact) mass is 331 g/mol. The summed E-state index contributed by atoms with van der Waals surface area (Å²) in [7, 11) is 0. The average molecular weight is 332 g/mol. The van der Waals surface area contributed by atoms with Crippen LogP contribution in [0.2, 0.25) is 5.02 Å². The van der Waals surface area contributed by atoms with Crippen molar-refractivity contribution in [3.63, 3.8) is 0 Å². The van der Waals surface area contributed by atoms with Gasteiger partial charge < -0.3 is 0 Å². The Morgan fingerprint density at radius 2 is 2.23 bits per heavy atom. The van der Waals surface area contributed by atoms with Crippen LogP contribution in [0.5, 0.6) is 0 Å². The van der Waals surface area contributed by atoms with E-state index in [0.29, 0.717) is 22.1 Å². The molecule has 0 spiro atoms. The fourth-order valence-electron chi connectivity index (χ4n) is 1.89. The smallest absolute Gasteiger partial charge is 0.208 e. The summed E-state index contributed by atoms with van der Waals surface area (Å²) in [6.45, 7) is 1.78. The standard InChI is InChI=1S/C14H10ClN5OS/c1-9-14(13(21)6-5-11-8-22-19-16-11)17-18-20(9)12-4-2-3-10(15)7-12/h2-8H,1H3. The molecule has 3 aromatic rings. The molecule has 1 aromatic carbocycles. The molecule has 0 aliphatic carbocycles. The van der Waals surface area contributed by atoms with Gasteiger partial charge in [-0.05, 0) is 48.8 Å². The van der Waals surface area contributed by atoms with Crippen LogP contribution in [0.25, 0.3) is 11.8 Å². The van der Waals surface area contributed by atoms with E-state index < -0.39 is 0 Å². The van der Waals surface area contributed by atoms with Gasteiger partial charge in [-0.25, -0.2) is 4.68 Å². The minimum Gasteiger partial charge on any atom is -0.287 e. The maximum absolute atomic E-state index is 12.2. The van der Waals surface area contributed by atoms with E-state index in [-0.39, 0.29) is 5.78 Å². The van der Waals surface area contributed by atoms with Crippen molar-refractivity contribution in [2.45, 2.75) is 6.92 Å². The van der Waals surface area contributed by atoms with Gasteiger partial charge in [0.25, 0.3) is 0 Å². The van der Waals surface area contributed by atoms with E-state index in [4.69, 9.17) is 11.6 Å². The number of halogens is 1. The number of hydrogen-bond donors (Lipinski definition) is 0. The second kappa shape index (κ2) is 6.17. The third-order valence-corrected chi connectivity index (χ3v) is 3.72. The fraction of sp³-hybridized carbons (Fsp3) is 0.0714. The molecule has 0 saturated heterocycles. The van der Waals surface area contributed by atoms with E-state index in [9.17, 15) is 4.79 Å². The van der Waals surface area contributed by atoms with Crippen molar-refractivity contribution in [3.8, 4) is 5.69 Å². The van der Waals surface area contributed by atoms with Crippen LogP contribution in [0, 0.1) is 6.92 Å². The summed E-state index contributed by atoms with van der Waals surface area (Å²) in [6, 6.07) is 7.19. The summed E-state index contributed by atoms with van der Waals surface area (Å²) >= 11 is 7.20. The van der Waals surface area contributed by atoms with E-state index in [2.05, 4.69) is 19.9 Å². The lowest BCUT2D eigenvalue weighted by atomic mass is 10.2. The molecule has 0 aliphatic rings. The lowest BCUT2D eigenvalue weighted by Crippen LogP contribution is -2.01. The third kappa shape index (κ3) is 2.95. The normalized spacial score (nSPS) is 11.2. The first-order chi connectivity index (χ1) is 10.6. The van der Waals surface area contributed by atoms with Gasteiger partial charge in [0.05, 0.1) is 17.1 Å². The Bertz CT molecular complexity index is 841. The van der Waals surface area contributed by atoms with Crippen molar-refractivity contribution in [1.29, 1.82) is 0 Å². The van der Waals surface area contributed by atoms with Gasteiger partial charge in [0, 0.05) is 10.4 Å². The quantitative estimate of drug-likeness (QED) is 0.543. The van der Waals surface area contributed by atoms with Crippen LogP contribution in [0.3, 0.4) is 0 Å². The average Bonchev–Trinajstić information content (AvgIpc) is 3.14. The molecule has 0 saturated carbocycles. The maximum atomic E-state index is 12.2. The first-order valence-corrected chi connectivity index (χ1v) is 7.54. The Balaban J connectivity index is 1.88. The van der Waals surface area contributed by atoms with Gasteiger partial charge in [0.15, 0.2) is 5.69 Å². The number of carbonyl (C=O) groups is 1. The predicted molar refractivity (Wildman–Crippen MR) is 84.4 cm³/mol. The molecule has 8 heteroatoms. The number of rotatable bonds is 4. The molecule has 0 fully saturated rings. The van der Waals surface area contributed by atoms with Crippen molar-refractivity contribution >= 4 is 35.0 Å². The number of benzene rings is 1. The summed E-state index contributed by atoms with van der Waals surface area (Å²) in [5.41, 5.74) is 2.33. The first kappa shape index (κ1) is 14.6. The first-order valence-electron chi connectivity index (χ1n) is 6.33. The molecular formula is C14H10ClN5OS. The van der Waals surface area contributed by atoms with Gasteiger partial charge in [0.2, 0.25) is 5.78 Å². The van der Waals surface area contributed by atoms with Crippen molar-refractivity contribution in [3.05, 3.63) is 57.8 Å². The summed E-state index contributed by atoms with van der Waals surface area (Å²) in [5, 5.41) is 14.2. The number of nitrogens with zero attached hydrogens (tertiary/aromatic N) is 5. The van der Waals surface area contributed by atoms with Gasteiger partial charge in [-0.3, -0.25) is 4.79 Å². The zero-order valence-corrected chi connectivity index (χ0v) is 13.0. The van der Waals surface area contributed by atoms with Crippen LogP contribution < -0.4 is 0 Å². The molecule has 0 aliphatic heterocycles. The number of allylic oxidation sites excluding steroid dienone is 1. The molecule has 2 aromatic heterocycles. The van der Waals surface area contributed by atoms with E-state index >= 15 is 0 Å². The van der Waals surface area contributed by atoms with Gasteiger partial charge >= 0.3 is 0 Å². The van der Waals surface area contributed by atoms with Crippen LogP contribution in [0.1, 0.15) is 21.9 Å². The molecule has 0 radical (unpaired) electrons. The molecule has 6 nitrogen and oxygen atoms in total. The van der Waals surface area contributed by atoms with Gasteiger partial charge in [-0.2, -0.15) is 0 Å². The highest BCUT2D eigenvalue weighted by Crippen LogP contribution is 2.17. The maximum Gasteiger partial charge on any atom is 0.208 e. The molecule has 22 heavy (non-hydrogen) atoms. The van der Waals surface area contributed by atoms with Crippen LogP contribution in [-0.4, -0.2) is 30.4 Å². The molecule has 3 rings (SSSR count).